The Morgan fingerprint density at radius 1 is 1.33 bits per heavy atom. The van der Waals surface area contributed by atoms with Gasteiger partial charge >= 0.3 is 6.09 Å². The van der Waals surface area contributed by atoms with Gasteiger partial charge in [-0.25, -0.2) is 9.18 Å². The minimum atomic E-state index is -0.537. The molecule has 0 radical (unpaired) electrons. The van der Waals surface area contributed by atoms with E-state index >= 15 is 0 Å². The lowest BCUT2D eigenvalue weighted by Crippen LogP contribution is -2.44. The van der Waals surface area contributed by atoms with Crippen LogP contribution in [0.2, 0.25) is 0 Å². The first-order valence-corrected chi connectivity index (χ1v) is 8.22. The first kappa shape index (κ1) is 20.2. The number of phenols is 1. The van der Waals surface area contributed by atoms with E-state index in [1.165, 1.54) is 6.07 Å². The molecular weight excluding hydrogens is 311 g/mol. The molecule has 1 amide bonds. The third-order valence-electron chi connectivity index (χ3n) is 3.51. The number of benzene rings is 1. The number of hydrogen-bond donors (Lipinski definition) is 2. The molecule has 2 N–H and O–H groups in total. The molecule has 0 aromatic heterocycles. The molecule has 0 bridgehead atoms. The van der Waals surface area contributed by atoms with Gasteiger partial charge < -0.3 is 20.1 Å². The number of aromatic hydroxyl groups is 1. The number of halogens is 1. The summed E-state index contributed by atoms with van der Waals surface area (Å²) < 4.78 is 18.5. The first-order chi connectivity index (χ1) is 11.0. The Morgan fingerprint density at radius 3 is 2.46 bits per heavy atom. The van der Waals surface area contributed by atoms with Crippen molar-refractivity contribution < 1.29 is 19.0 Å². The number of nitrogens with one attached hydrogen (secondary N) is 1. The van der Waals surface area contributed by atoms with E-state index in [1.54, 1.807) is 11.0 Å². The molecule has 0 aliphatic carbocycles. The molecule has 0 saturated heterocycles. The zero-order chi connectivity index (χ0) is 18.5. The van der Waals surface area contributed by atoms with Crippen molar-refractivity contribution in [1.29, 1.82) is 0 Å². The largest absolute Gasteiger partial charge is 0.508 e. The zero-order valence-corrected chi connectivity index (χ0v) is 15.4. The number of carbonyl (C=O) groups excluding carboxylic acids is 1. The standard InChI is InChI=1S/C18H29FN2O3/c1-12(2)21(17(23)24-18(4,5)6)10-9-20-13(3)15-8-7-14(19)11-16(15)22/h7-8,11-13,20,22H,9-10H2,1-6H3. The van der Waals surface area contributed by atoms with Crippen LogP contribution >= 0.6 is 0 Å². The van der Waals surface area contributed by atoms with Crippen LogP contribution in [0.1, 0.15) is 53.1 Å². The van der Waals surface area contributed by atoms with E-state index < -0.39 is 11.4 Å². The topological polar surface area (TPSA) is 61.8 Å². The summed E-state index contributed by atoms with van der Waals surface area (Å²) in [6.45, 7) is 12.2. The third-order valence-corrected chi connectivity index (χ3v) is 3.51. The van der Waals surface area contributed by atoms with Crippen LogP contribution in [0.5, 0.6) is 5.75 Å². The highest BCUT2D eigenvalue weighted by Crippen LogP contribution is 2.24. The molecule has 0 aliphatic heterocycles. The van der Waals surface area contributed by atoms with E-state index in [-0.39, 0.29) is 23.9 Å². The molecule has 0 fully saturated rings. The molecule has 1 unspecified atom stereocenters. The number of phenolic OH excluding ortho intramolecular Hbond substituents is 1. The van der Waals surface area contributed by atoms with Crippen molar-refractivity contribution in [1.82, 2.24) is 10.2 Å². The van der Waals surface area contributed by atoms with Gasteiger partial charge in [0.25, 0.3) is 0 Å². The maximum absolute atomic E-state index is 13.0. The number of amides is 1. The molecule has 0 saturated carbocycles. The molecule has 0 heterocycles. The van der Waals surface area contributed by atoms with Crippen LogP contribution in [0, 0.1) is 5.82 Å². The van der Waals surface area contributed by atoms with Crippen LogP contribution in [-0.2, 0) is 4.74 Å². The number of rotatable bonds is 6. The van der Waals surface area contributed by atoms with Crippen LogP contribution in [0.4, 0.5) is 9.18 Å². The lowest BCUT2D eigenvalue weighted by Gasteiger charge is -2.30. The molecule has 1 rings (SSSR count). The van der Waals surface area contributed by atoms with Gasteiger partial charge in [-0.15, -0.1) is 0 Å². The predicted molar refractivity (Wildman–Crippen MR) is 92.6 cm³/mol. The molecular formula is C18H29FN2O3. The van der Waals surface area contributed by atoms with Crippen LogP contribution in [0.3, 0.4) is 0 Å². The first-order valence-electron chi connectivity index (χ1n) is 8.22. The number of nitrogens with zero attached hydrogens (tertiary/aromatic N) is 1. The molecule has 5 nitrogen and oxygen atoms in total. The van der Waals surface area contributed by atoms with Crippen LogP contribution < -0.4 is 5.32 Å². The summed E-state index contributed by atoms with van der Waals surface area (Å²) in [5, 5.41) is 13.0. The number of carbonyl (C=O) groups is 1. The smallest absolute Gasteiger partial charge is 0.410 e. The Hall–Kier alpha value is -1.82. The highest BCUT2D eigenvalue weighted by atomic mass is 19.1. The van der Waals surface area contributed by atoms with Crippen molar-refractivity contribution in [3.8, 4) is 5.75 Å². The molecule has 136 valence electrons. The van der Waals surface area contributed by atoms with Crippen LogP contribution in [-0.4, -0.2) is 40.8 Å². The van der Waals surface area contributed by atoms with Crippen molar-refractivity contribution in [2.45, 2.75) is 59.2 Å². The summed E-state index contributed by atoms with van der Waals surface area (Å²) in [5.74, 6) is -0.554. The minimum Gasteiger partial charge on any atom is -0.508 e. The molecule has 0 aliphatic rings. The fourth-order valence-electron chi connectivity index (χ4n) is 2.28. The third kappa shape index (κ3) is 6.35. The summed E-state index contributed by atoms with van der Waals surface area (Å²) in [6.07, 6.45) is -0.350. The highest BCUT2D eigenvalue weighted by molar-refractivity contribution is 5.68. The maximum atomic E-state index is 13.0. The summed E-state index contributed by atoms with van der Waals surface area (Å²) in [7, 11) is 0. The van der Waals surface area contributed by atoms with E-state index in [9.17, 15) is 14.3 Å². The van der Waals surface area contributed by atoms with Crippen molar-refractivity contribution >= 4 is 6.09 Å². The maximum Gasteiger partial charge on any atom is 0.410 e. The van der Waals surface area contributed by atoms with Crippen molar-refractivity contribution in [2.24, 2.45) is 0 Å². The van der Waals surface area contributed by atoms with Crippen molar-refractivity contribution in [3.05, 3.63) is 29.6 Å². The lowest BCUT2D eigenvalue weighted by atomic mass is 10.1. The molecule has 1 aromatic carbocycles. The average molecular weight is 340 g/mol. The average Bonchev–Trinajstić information content (AvgIpc) is 2.40. The lowest BCUT2D eigenvalue weighted by molar-refractivity contribution is 0.0192. The van der Waals surface area contributed by atoms with Gasteiger partial charge in [0.2, 0.25) is 0 Å². The van der Waals surface area contributed by atoms with E-state index in [2.05, 4.69) is 5.32 Å². The SMILES string of the molecule is CC(NCCN(C(=O)OC(C)(C)C)C(C)C)c1ccc(F)cc1O. The quantitative estimate of drug-likeness (QED) is 0.826. The summed E-state index contributed by atoms with van der Waals surface area (Å²) in [5.41, 5.74) is 0.0787. The number of ether oxygens (including phenoxy) is 1. The van der Waals surface area contributed by atoms with Gasteiger partial charge in [-0.3, -0.25) is 0 Å². The molecule has 1 aromatic rings. The van der Waals surface area contributed by atoms with Gasteiger partial charge in [-0.1, -0.05) is 6.07 Å². The van der Waals surface area contributed by atoms with E-state index in [4.69, 9.17) is 4.74 Å². The Balaban J connectivity index is 2.60. The minimum absolute atomic E-state index is 0.0104. The van der Waals surface area contributed by atoms with E-state index in [0.29, 0.717) is 18.7 Å². The van der Waals surface area contributed by atoms with Gasteiger partial charge in [0, 0.05) is 36.8 Å². The monoisotopic (exact) mass is 340 g/mol. The van der Waals surface area contributed by atoms with Crippen LogP contribution in [0.25, 0.3) is 0 Å². The Morgan fingerprint density at radius 2 is 1.96 bits per heavy atom. The molecule has 6 heteroatoms. The van der Waals surface area contributed by atoms with Crippen LogP contribution in [0.15, 0.2) is 18.2 Å². The fourth-order valence-corrected chi connectivity index (χ4v) is 2.28. The van der Waals surface area contributed by atoms with E-state index in [0.717, 1.165) is 6.07 Å². The molecule has 1 atom stereocenters. The normalized spacial score (nSPS) is 13.0. The molecule has 0 spiro atoms. The van der Waals surface area contributed by atoms with Gasteiger partial charge in [-0.2, -0.15) is 0 Å². The van der Waals surface area contributed by atoms with Crippen molar-refractivity contribution in [2.75, 3.05) is 13.1 Å². The zero-order valence-electron chi connectivity index (χ0n) is 15.4. The van der Waals surface area contributed by atoms with E-state index in [1.807, 2.05) is 41.5 Å². The highest BCUT2D eigenvalue weighted by Gasteiger charge is 2.24. The van der Waals surface area contributed by atoms with Gasteiger partial charge in [0.05, 0.1) is 0 Å². The summed E-state index contributed by atoms with van der Waals surface area (Å²) >= 11 is 0. The fraction of sp³-hybridized carbons (Fsp3) is 0.611. The molecule has 24 heavy (non-hydrogen) atoms. The second kappa shape index (κ2) is 8.33. The second-order valence-electron chi connectivity index (χ2n) is 7.15. The number of hydrogen-bond acceptors (Lipinski definition) is 4. The predicted octanol–water partition coefficient (Wildman–Crippen LogP) is 3.83. The van der Waals surface area contributed by atoms with Gasteiger partial charge in [0.1, 0.15) is 17.2 Å². The second-order valence-corrected chi connectivity index (χ2v) is 7.15. The summed E-state index contributed by atoms with van der Waals surface area (Å²) in [4.78, 5) is 13.9. The Bertz CT molecular complexity index is 556. The summed E-state index contributed by atoms with van der Waals surface area (Å²) in [6, 6.07) is 3.80. The van der Waals surface area contributed by atoms with Gasteiger partial charge in [0.15, 0.2) is 0 Å². The van der Waals surface area contributed by atoms with Crippen molar-refractivity contribution in [3.63, 3.8) is 0 Å². The Kier molecular flexibility index (Phi) is 7.02. The van der Waals surface area contributed by atoms with Gasteiger partial charge in [-0.05, 0) is 47.6 Å². The Labute approximate surface area is 143 Å².